The molecule has 0 unspecified atom stereocenters. The van der Waals surface area contributed by atoms with E-state index in [1.807, 2.05) is 12.1 Å². The molecule has 1 fully saturated rings. The van der Waals surface area contributed by atoms with Crippen molar-refractivity contribution in [3.63, 3.8) is 0 Å². The third-order valence-electron chi connectivity index (χ3n) is 4.24. The molecule has 5 heteroatoms. The van der Waals surface area contributed by atoms with Crippen LogP contribution in [0.25, 0.3) is 0 Å². The number of nitro benzene ring substituents is 1. The zero-order chi connectivity index (χ0) is 16.1. The molecule has 2 aromatic carbocycles. The predicted octanol–water partition coefficient (Wildman–Crippen LogP) is 2.91. The van der Waals surface area contributed by atoms with Crippen molar-refractivity contribution in [2.24, 2.45) is 0 Å². The van der Waals surface area contributed by atoms with E-state index in [1.165, 1.54) is 5.56 Å². The molecule has 1 heterocycles. The monoisotopic (exact) mass is 311 g/mol. The van der Waals surface area contributed by atoms with Gasteiger partial charge in [0.1, 0.15) is 0 Å². The van der Waals surface area contributed by atoms with Crippen molar-refractivity contribution in [1.82, 2.24) is 9.80 Å². The molecule has 23 heavy (non-hydrogen) atoms. The number of rotatable bonds is 5. The van der Waals surface area contributed by atoms with Gasteiger partial charge in [0.15, 0.2) is 0 Å². The fraction of sp³-hybridized carbons (Fsp3) is 0.333. The smallest absolute Gasteiger partial charge is 0.269 e. The zero-order valence-electron chi connectivity index (χ0n) is 13.1. The zero-order valence-corrected chi connectivity index (χ0v) is 13.1. The molecule has 1 aliphatic heterocycles. The van der Waals surface area contributed by atoms with Crippen LogP contribution in [-0.2, 0) is 13.1 Å². The van der Waals surface area contributed by atoms with Crippen LogP contribution in [0.2, 0.25) is 0 Å². The molecule has 0 aromatic heterocycles. The highest BCUT2D eigenvalue weighted by Gasteiger charge is 2.17. The quantitative estimate of drug-likeness (QED) is 0.629. The van der Waals surface area contributed by atoms with Crippen LogP contribution in [-0.4, -0.2) is 40.9 Å². The summed E-state index contributed by atoms with van der Waals surface area (Å²) in [5.74, 6) is 0. The SMILES string of the molecule is O=[N+]([O-])c1cccc(CN2CCN(Cc3ccccc3)CC2)c1. The molecule has 0 amide bonds. The molecule has 3 rings (SSSR count). The van der Waals surface area contributed by atoms with Crippen molar-refractivity contribution in [2.45, 2.75) is 13.1 Å². The average Bonchev–Trinajstić information content (AvgIpc) is 2.58. The maximum Gasteiger partial charge on any atom is 0.269 e. The van der Waals surface area contributed by atoms with Crippen LogP contribution >= 0.6 is 0 Å². The lowest BCUT2D eigenvalue weighted by atomic mass is 10.1. The second-order valence-electron chi connectivity index (χ2n) is 5.96. The van der Waals surface area contributed by atoms with Crippen molar-refractivity contribution in [1.29, 1.82) is 0 Å². The highest BCUT2D eigenvalue weighted by Crippen LogP contribution is 2.16. The van der Waals surface area contributed by atoms with Crippen LogP contribution in [0.1, 0.15) is 11.1 Å². The summed E-state index contributed by atoms with van der Waals surface area (Å²) in [4.78, 5) is 15.3. The lowest BCUT2D eigenvalue weighted by molar-refractivity contribution is -0.384. The van der Waals surface area contributed by atoms with Crippen LogP contribution in [0.4, 0.5) is 5.69 Å². The van der Waals surface area contributed by atoms with Gasteiger partial charge in [-0.1, -0.05) is 42.5 Å². The summed E-state index contributed by atoms with van der Waals surface area (Å²) in [5.41, 5.74) is 2.53. The van der Waals surface area contributed by atoms with Gasteiger partial charge < -0.3 is 0 Å². The molecular formula is C18H21N3O2. The molecular weight excluding hydrogens is 290 g/mol. The minimum absolute atomic E-state index is 0.171. The standard InChI is InChI=1S/C18H21N3O2/c22-21(23)18-8-4-7-17(13-18)15-20-11-9-19(10-12-20)14-16-5-2-1-3-6-16/h1-8,13H,9-12,14-15H2. The largest absolute Gasteiger partial charge is 0.297 e. The first-order valence-electron chi connectivity index (χ1n) is 7.93. The fourth-order valence-electron chi connectivity index (χ4n) is 2.97. The molecule has 5 nitrogen and oxygen atoms in total. The van der Waals surface area contributed by atoms with Gasteiger partial charge in [-0.25, -0.2) is 0 Å². The summed E-state index contributed by atoms with van der Waals surface area (Å²) in [6.45, 7) is 5.82. The van der Waals surface area contributed by atoms with E-state index in [9.17, 15) is 10.1 Å². The van der Waals surface area contributed by atoms with Gasteiger partial charge in [0.2, 0.25) is 0 Å². The molecule has 0 radical (unpaired) electrons. The van der Waals surface area contributed by atoms with Gasteiger partial charge in [0.25, 0.3) is 5.69 Å². The number of benzene rings is 2. The average molecular weight is 311 g/mol. The third kappa shape index (κ3) is 4.37. The van der Waals surface area contributed by atoms with Crippen LogP contribution < -0.4 is 0 Å². The molecule has 0 aliphatic carbocycles. The van der Waals surface area contributed by atoms with Crippen LogP contribution in [0, 0.1) is 10.1 Å². The Balaban J connectivity index is 1.51. The summed E-state index contributed by atoms with van der Waals surface area (Å²) in [5, 5.41) is 10.8. The molecule has 2 aromatic rings. The maximum atomic E-state index is 10.8. The van der Waals surface area contributed by atoms with Crippen LogP contribution in [0.15, 0.2) is 54.6 Å². The van der Waals surface area contributed by atoms with Gasteiger partial charge in [-0.15, -0.1) is 0 Å². The number of non-ortho nitro benzene ring substituents is 1. The first-order chi connectivity index (χ1) is 11.2. The number of hydrogen-bond acceptors (Lipinski definition) is 4. The Hall–Kier alpha value is -2.24. The number of hydrogen-bond donors (Lipinski definition) is 0. The Labute approximate surface area is 136 Å². The van der Waals surface area contributed by atoms with Crippen LogP contribution in [0.3, 0.4) is 0 Å². The lowest BCUT2D eigenvalue weighted by Gasteiger charge is -2.34. The molecule has 0 bridgehead atoms. The summed E-state index contributed by atoms with van der Waals surface area (Å²) in [6.07, 6.45) is 0. The second kappa shape index (κ2) is 7.35. The van der Waals surface area contributed by atoms with Gasteiger partial charge in [0, 0.05) is 51.4 Å². The summed E-state index contributed by atoms with van der Waals surface area (Å²) < 4.78 is 0. The molecule has 0 spiro atoms. The predicted molar refractivity (Wildman–Crippen MR) is 90.1 cm³/mol. The minimum Gasteiger partial charge on any atom is -0.297 e. The van der Waals surface area contributed by atoms with E-state index in [0.29, 0.717) is 0 Å². The third-order valence-corrected chi connectivity index (χ3v) is 4.24. The van der Waals surface area contributed by atoms with Crippen molar-refractivity contribution < 1.29 is 4.92 Å². The van der Waals surface area contributed by atoms with E-state index in [2.05, 4.69) is 34.1 Å². The Kier molecular flexibility index (Phi) is 5.00. The van der Waals surface area contributed by atoms with E-state index >= 15 is 0 Å². The fourth-order valence-corrected chi connectivity index (χ4v) is 2.97. The van der Waals surface area contributed by atoms with Crippen molar-refractivity contribution in [2.75, 3.05) is 26.2 Å². The van der Waals surface area contributed by atoms with Crippen molar-refractivity contribution in [3.8, 4) is 0 Å². The van der Waals surface area contributed by atoms with Crippen LogP contribution in [0.5, 0.6) is 0 Å². The van der Waals surface area contributed by atoms with E-state index in [4.69, 9.17) is 0 Å². The normalized spacial score (nSPS) is 16.3. The van der Waals surface area contributed by atoms with E-state index in [0.717, 1.165) is 44.8 Å². The van der Waals surface area contributed by atoms with Gasteiger partial charge in [-0.2, -0.15) is 0 Å². The molecule has 1 aliphatic rings. The Morgan fingerprint density at radius 2 is 1.39 bits per heavy atom. The molecule has 0 N–H and O–H groups in total. The van der Waals surface area contributed by atoms with Gasteiger partial charge in [-0.05, 0) is 11.1 Å². The lowest BCUT2D eigenvalue weighted by Crippen LogP contribution is -2.45. The topological polar surface area (TPSA) is 49.6 Å². The second-order valence-corrected chi connectivity index (χ2v) is 5.96. The Bertz CT molecular complexity index is 652. The highest BCUT2D eigenvalue weighted by molar-refractivity contribution is 5.34. The first kappa shape index (κ1) is 15.6. The number of nitrogens with zero attached hydrogens (tertiary/aromatic N) is 3. The van der Waals surface area contributed by atoms with E-state index in [1.54, 1.807) is 18.2 Å². The Morgan fingerprint density at radius 3 is 2.00 bits per heavy atom. The number of nitro groups is 1. The molecule has 120 valence electrons. The van der Waals surface area contributed by atoms with Gasteiger partial charge in [0.05, 0.1) is 4.92 Å². The van der Waals surface area contributed by atoms with Gasteiger partial charge in [-0.3, -0.25) is 19.9 Å². The highest BCUT2D eigenvalue weighted by atomic mass is 16.6. The summed E-state index contributed by atoms with van der Waals surface area (Å²) in [6, 6.07) is 17.5. The van der Waals surface area contributed by atoms with E-state index < -0.39 is 0 Å². The minimum atomic E-state index is -0.332. The Morgan fingerprint density at radius 1 is 0.826 bits per heavy atom. The summed E-state index contributed by atoms with van der Waals surface area (Å²) in [7, 11) is 0. The molecule has 1 saturated heterocycles. The molecule has 0 atom stereocenters. The summed E-state index contributed by atoms with van der Waals surface area (Å²) >= 11 is 0. The number of piperazine rings is 1. The van der Waals surface area contributed by atoms with Gasteiger partial charge >= 0.3 is 0 Å². The van der Waals surface area contributed by atoms with Crippen molar-refractivity contribution >= 4 is 5.69 Å². The maximum absolute atomic E-state index is 10.8. The van der Waals surface area contributed by atoms with Crippen molar-refractivity contribution in [3.05, 3.63) is 75.8 Å². The first-order valence-corrected chi connectivity index (χ1v) is 7.93. The van der Waals surface area contributed by atoms with E-state index in [-0.39, 0.29) is 10.6 Å². The molecule has 0 saturated carbocycles.